The molecule has 30 heavy (non-hydrogen) atoms. The van der Waals surface area contributed by atoms with Gasteiger partial charge in [0, 0.05) is 23.4 Å². The molecular weight excluding hydrogens is 416 g/mol. The van der Waals surface area contributed by atoms with Gasteiger partial charge in [-0.05, 0) is 6.07 Å². The van der Waals surface area contributed by atoms with Gasteiger partial charge >= 0.3 is 0 Å². The number of carbonyl (C=O) groups excluding carboxylic acids is 1. The number of thiazole rings is 1. The fourth-order valence-corrected chi connectivity index (χ4v) is 4.53. The maximum Gasteiger partial charge on any atom is 0.236 e. The summed E-state index contributed by atoms with van der Waals surface area (Å²) in [5.74, 6) is 0.0203. The second-order valence-corrected chi connectivity index (χ2v) is 8.38. The minimum atomic E-state index is -0.158. The molecule has 0 unspecified atom stereocenters. The summed E-state index contributed by atoms with van der Waals surface area (Å²) in [6.45, 7) is 0. The molecule has 9 heteroatoms. The van der Waals surface area contributed by atoms with Crippen LogP contribution in [0.2, 0.25) is 0 Å². The third-order valence-corrected chi connectivity index (χ3v) is 6.23. The van der Waals surface area contributed by atoms with Crippen LogP contribution >= 0.6 is 23.1 Å². The zero-order chi connectivity index (χ0) is 20.5. The van der Waals surface area contributed by atoms with Gasteiger partial charge in [0.25, 0.3) is 0 Å². The number of nitrogens with one attached hydrogen (secondary N) is 1. The molecule has 0 aliphatic heterocycles. The number of amides is 1. The Hall–Kier alpha value is -3.30. The van der Waals surface area contributed by atoms with Gasteiger partial charge in [-0.1, -0.05) is 60.3 Å². The van der Waals surface area contributed by atoms with E-state index in [0.717, 1.165) is 33.3 Å². The van der Waals surface area contributed by atoms with Crippen LogP contribution in [0.3, 0.4) is 0 Å². The highest BCUT2D eigenvalue weighted by atomic mass is 32.2. The van der Waals surface area contributed by atoms with Crippen LogP contribution in [-0.2, 0) is 11.8 Å². The SMILES string of the molecule is Cn1c2ccccc2c2nnc(SCC(=O)Nc3nc(-c4ccccc4)cs3)nc21. The van der Waals surface area contributed by atoms with Gasteiger partial charge < -0.3 is 9.88 Å². The summed E-state index contributed by atoms with van der Waals surface area (Å²) < 4.78 is 1.99. The molecule has 0 aliphatic carbocycles. The van der Waals surface area contributed by atoms with E-state index in [9.17, 15) is 4.79 Å². The van der Waals surface area contributed by atoms with Crippen molar-refractivity contribution in [3.8, 4) is 11.3 Å². The molecule has 0 saturated heterocycles. The highest BCUT2D eigenvalue weighted by molar-refractivity contribution is 7.99. The van der Waals surface area contributed by atoms with E-state index in [1.54, 1.807) is 0 Å². The Labute approximate surface area is 180 Å². The third kappa shape index (κ3) is 3.53. The minimum absolute atomic E-state index is 0.158. The second-order valence-electron chi connectivity index (χ2n) is 6.58. The molecule has 1 amide bonds. The van der Waals surface area contributed by atoms with Crippen LogP contribution in [0.4, 0.5) is 5.13 Å². The zero-order valence-corrected chi connectivity index (χ0v) is 17.6. The lowest BCUT2D eigenvalue weighted by atomic mass is 10.2. The largest absolute Gasteiger partial charge is 0.327 e. The molecule has 0 fully saturated rings. The Kier molecular flexibility index (Phi) is 4.89. The number of aromatic nitrogens is 5. The van der Waals surface area contributed by atoms with E-state index >= 15 is 0 Å². The van der Waals surface area contributed by atoms with Crippen molar-refractivity contribution < 1.29 is 4.79 Å². The van der Waals surface area contributed by atoms with Gasteiger partial charge in [0.05, 0.1) is 17.0 Å². The summed E-state index contributed by atoms with van der Waals surface area (Å²) in [5, 5.41) is 15.3. The fraction of sp³-hybridized carbons (Fsp3) is 0.0952. The number of aryl methyl sites for hydroxylation is 1. The van der Waals surface area contributed by atoms with Crippen molar-refractivity contribution >= 4 is 56.2 Å². The summed E-state index contributed by atoms with van der Waals surface area (Å²) >= 11 is 2.65. The smallest absolute Gasteiger partial charge is 0.236 e. The summed E-state index contributed by atoms with van der Waals surface area (Å²) in [7, 11) is 1.95. The maximum atomic E-state index is 12.4. The predicted octanol–water partition coefficient (Wildman–Crippen LogP) is 4.37. The first-order valence-electron chi connectivity index (χ1n) is 9.20. The Morgan fingerprint density at radius 1 is 1.07 bits per heavy atom. The second kappa shape index (κ2) is 7.85. The summed E-state index contributed by atoms with van der Waals surface area (Å²) in [4.78, 5) is 21.4. The maximum absolute atomic E-state index is 12.4. The van der Waals surface area contributed by atoms with E-state index in [1.165, 1.54) is 23.1 Å². The highest BCUT2D eigenvalue weighted by Crippen LogP contribution is 2.27. The molecule has 0 radical (unpaired) electrons. The van der Waals surface area contributed by atoms with E-state index < -0.39 is 0 Å². The number of para-hydroxylation sites is 1. The van der Waals surface area contributed by atoms with E-state index in [1.807, 2.05) is 71.6 Å². The van der Waals surface area contributed by atoms with E-state index in [-0.39, 0.29) is 11.7 Å². The van der Waals surface area contributed by atoms with Crippen LogP contribution in [0.1, 0.15) is 0 Å². The molecule has 0 saturated carbocycles. The molecular formula is C21H16N6OS2. The average Bonchev–Trinajstić information content (AvgIpc) is 3.36. The van der Waals surface area contributed by atoms with Crippen LogP contribution in [0, 0.1) is 0 Å². The molecule has 0 spiro atoms. The Bertz CT molecular complexity index is 1360. The van der Waals surface area contributed by atoms with Gasteiger partial charge in [0.2, 0.25) is 11.1 Å². The van der Waals surface area contributed by atoms with Gasteiger partial charge in [-0.3, -0.25) is 4.79 Å². The van der Waals surface area contributed by atoms with Crippen molar-refractivity contribution in [1.82, 2.24) is 24.7 Å². The zero-order valence-electron chi connectivity index (χ0n) is 15.9. The normalized spacial score (nSPS) is 11.2. The lowest BCUT2D eigenvalue weighted by Gasteiger charge is -2.02. The van der Waals surface area contributed by atoms with E-state index in [2.05, 4.69) is 25.5 Å². The fourth-order valence-electron chi connectivity index (χ4n) is 3.21. The van der Waals surface area contributed by atoms with E-state index in [4.69, 9.17) is 0 Å². The summed E-state index contributed by atoms with van der Waals surface area (Å²) in [6.07, 6.45) is 0. The molecule has 3 heterocycles. The first-order valence-corrected chi connectivity index (χ1v) is 11.1. The third-order valence-electron chi connectivity index (χ3n) is 4.64. The highest BCUT2D eigenvalue weighted by Gasteiger charge is 2.14. The molecule has 5 rings (SSSR count). The van der Waals surface area contributed by atoms with Crippen LogP contribution in [0.15, 0.2) is 65.1 Å². The minimum Gasteiger partial charge on any atom is -0.327 e. The van der Waals surface area contributed by atoms with Crippen LogP contribution < -0.4 is 5.32 Å². The van der Waals surface area contributed by atoms with Crippen LogP contribution in [-0.4, -0.2) is 36.4 Å². The Balaban J connectivity index is 1.27. The monoisotopic (exact) mass is 432 g/mol. The number of rotatable bonds is 5. The van der Waals surface area contributed by atoms with Gasteiger partial charge in [0.15, 0.2) is 10.8 Å². The van der Waals surface area contributed by atoms with Gasteiger partial charge in [0.1, 0.15) is 5.52 Å². The van der Waals surface area contributed by atoms with Crippen molar-refractivity contribution in [2.75, 3.05) is 11.1 Å². The first kappa shape index (κ1) is 18.7. The van der Waals surface area contributed by atoms with Crippen LogP contribution in [0.25, 0.3) is 33.3 Å². The van der Waals surface area contributed by atoms with Crippen molar-refractivity contribution in [3.63, 3.8) is 0 Å². The quantitative estimate of drug-likeness (QED) is 0.415. The molecule has 0 bridgehead atoms. The number of nitrogens with zero attached hydrogens (tertiary/aromatic N) is 5. The first-order chi connectivity index (χ1) is 14.7. The number of carbonyl (C=O) groups is 1. The Morgan fingerprint density at radius 3 is 2.73 bits per heavy atom. The number of hydrogen-bond donors (Lipinski definition) is 1. The lowest BCUT2D eigenvalue weighted by molar-refractivity contribution is -0.113. The van der Waals surface area contributed by atoms with Crippen molar-refractivity contribution in [2.45, 2.75) is 5.16 Å². The van der Waals surface area contributed by atoms with Crippen molar-refractivity contribution in [3.05, 3.63) is 60.0 Å². The van der Waals surface area contributed by atoms with E-state index in [0.29, 0.717) is 10.3 Å². The molecule has 7 nitrogen and oxygen atoms in total. The molecule has 0 atom stereocenters. The molecule has 148 valence electrons. The average molecular weight is 433 g/mol. The molecule has 2 aromatic carbocycles. The predicted molar refractivity (Wildman–Crippen MR) is 121 cm³/mol. The number of hydrogen-bond acceptors (Lipinski definition) is 7. The van der Waals surface area contributed by atoms with Gasteiger partial charge in [-0.2, -0.15) is 0 Å². The Morgan fingerprint density at radius 2 is 1.87 bits per heavy atom. The molecule has 0 aliphatic rings. The standard InChI is InChI=1S/C21H16N6OS2/c1-27-16-10-6-5-9-14(16)18-19(27)24-21(26-25-18)30-12-17(28)23-20-22-15(11-29-20)13-7-3-2-4-8-13/h2-11H,12H2,1H3,(H,22,23,28). The molecule has 1 N–H and O–H groups in total. The van der Waals surface area contributed by atoms with Gasteiger partial charge in [-0.25, -0.2) is 9.97 Å². The number of thioether (sulfide) groups is 1. The van der Waals surface area contributed by atoms with Crippen LogP contribution in [0.5, 0.6) is 0 Å². The number of anilines is 1. The lowest BCUT2D eigenvalue weighted by Crippen LogP contribution is -2.14. The van der Waals surface area contributed by atoms with Crippen molar-refractivity contribution in [2.24, 2.45) is 7.05 Å². The topological polar surface area (TPSA) is 85.6 Å². The summed E-state index contributed by atoms with van der Waals surface area (Å²) in [6, 6.07) is 17.8. The summed E-state index contributed by atoms with van der Waals surface area (Å²) in [5.41, 5.74) is 4.43. The number of fused-ring (bicyclic) bond motifs is 3. The van der Waals surface area contributed by atoms with Gasteiger partial charge in [-0.15, -0.1) is 21.5 Å². The molecule has 5 aromatic rings. The van der Waals surface area contributed by atoms with Crippen molar-refractivity contribution in [1.29, 1.82) is 0 Å². The molecule has 3 aromatic heterocycles. The number of benzene rings is 2.